The number of phenols is 2. The van der Waals surface area contributed by atoms with E-state index in [0.29, 0.717) is 5.92 Å². The maximum absolute atomic E-state index is 9.47. The fourth-order valence-corrected chi connectivity index (χ4v) is 2.60. The molecule has 2 rings (SSSR count). The van der Waals surface area contributed by atoms with Gasteiger partial charge in [0.1, 0.15) is 11.5 Å². The van der Waals surface area contributed by atoms with Gasteiger partial charge in [0, 0.05) is 36.1 Å². The van der Waals surface area contributed by atoms with Gasteiger partial charge in [-0.25, -0.2) is 4.98 Å². The van der Waals surface area contributed by atoms with Crippen LogP contribution in [0.1, 0.15) is 36.4 Å². The smallest absolute Gasteiger partial charge is 0.119 e. The van der Waals surface area contributed by atoms with E-state index in [-0.39, 0.29) is 17.5 Å². The third kappa shape index (κ3) is 3.68. The Kier molecular flexibility index (Phi) is 4.39. The molecule has 1 aromatic carbocycles. The van der Waals surface area contributed by atoms with Crippen LogP contribution in [0.4, 0.5) is 0 Å². The van der Waals surface area contributed by atoms with Crippen molar-refractivity contribution in [3.05, 3.63) is 40.3 Å². The molecule has 19 heavy (non-hydrogen) atoms. The van der Waals surface area contributed by atoms with Crippen LogP contribution < -0.4 is 5.32 Å². The van der Waals surface area contributed by atoms with Crippen molar-refractivity contribution in [1.29, 1.82) is 0 Å². The van der Waals surface area contributed by atoms with E-state index in [0.717, 1.165) is 17.1 Å². The molecule has 5 heteroatoms. The molecule has 3 N–H and O–H groups in total. The molecular formula is C14H18N2O2S. The van der Waals surface area contributed by atoms with Crippen molar-refractivity contribution in [3.63, 3.8) is 0 Å². The average molecular weight is 278 g/mol. The zero-order valence-electron chi connectivity index (χ0n) is 11.0. The average Bonchev–Trinajstić information content (AvgIpc) is 2.88. The monoisotopic (exact) mass is 278 g/mol. The van der Waals surface area contributed by atoms with E-state index in [1.807, 2.05) is 18.5 Å². The second kappa shape index (κ2) is 6.04. The first kappa shape index (κ1) is 13.8. The number of phenolic OH excluding ortho intramolecular Hbond substituents is 2. The van der Waals surface area contributed by atoms with E-state index in [1.54, 1.807) is 23.5 Å². The minimum absolute atomic E-state index is 0.0559. The Morgan fingerprint density at radius 3 is 2.47 bits per heavy atom. The fraction of sp³-hybridized carbons (Fsp3) is 0.357. The summed E-state index contributed by atoms with van der Waals surface area (Å²) in [7, 11) is 0. The minimum Gasteiger partial charge on any atom is -0.508 e. The van der Waals surface area contributed by atoms with Crippen LogP contribution >= 0.6 is 11.3 Å². The molecule has 0 aliphatic carbocycles. The molecule has 2 aromatic rings. The van der Waals surface area contributed by atoms with Crippen LogP contribution in [-0.2, 0) is 0 Å². The van der Waals surface area contributed by atoms with Gasteiger partial charge in [0.25, 0.3) is 0 Å². The van der Waals surface area contributed by atoms with Crippen LogP contribution in [0.3, 0.4) is 0 Å². The lowest BCUT2D eigenvalue weighted by molar-refractivity contribution is 0.445. The van der Waals surface area contributed by atoms with Gasteiger partial charge in [-0.2, -0.15) is 0 Å². The quantitative estimate of drug-likeness (QED) is 0.786. The summed E-state index contributed by atoms with van der Waals surface area (Å²) in [5.41, 5.74) is 0.865. The predicted molar refractivity (Wildman–Crippen MR) is 76.7 cm³/mol. The highest BCUT2D eigenvalue weighted by molar-refractivity contribution is 7.09. The molecule has 4 nitrogen and oxygen atoms in total. The lowest BCUT2D eigenvalue weighted by Crippen LogP contribution is -2.23. The highest BCUT2D eigenvalue weighted by atomic mass is 32.1. The molecule has 0 aliphatic rings. The highest BCUT2D eigenvalue weighted by Crippen LogP contribution is 2.25. The highest BCUT2D eigenvalue weighted by Gasteiger charge is 2.12. The summed E-state index contributed by atoms with van der Waals surface area (Å²) < 4.78 is 0. The molecule has 0 radical (unpaired) electrons. The van der Waals surface area contributed by atoms with Crippen molar-refractivity contribution < 1.29 is 10.2 Å². The van der Waals surface area contributed by atoms with Crippen LogP contribution in [0, 0.1) is 0 Å². The molecule has 0 spiro atoms. The van der Waals surface area contributed by atoms with Crippen molar-refractivity contribution in [2.24, 2.45) is 0 Å². The second-order valence-electron chi connectivity index (χ2n) is 4.68. The summed E-state index contributed by atoms with van der Waals surface area (Å²) in [6.07, 6.45) is 1.81. The van der Waals surface area contributed by atoms with Crippen LogP contribution in [0.15, 0.2) is 29.8 Å². The van der Waals surface area contributed by atoms with Crippen LogP contribution in [-0.4, -0.2) is 21.7 Å². The SMILES string of the molecule is CC(CNC(C)c1cc(O)cc(O)c1)c1nccs1. The van der Waals surface area contributed by atoms with Crippen molar-refractivity contribution in [3.8, 4) is 11.5 Å². The predicted octanol–water partition coefficient (Wildman–Crippen LogP) is 3.01. The second-order valence-corrected chi connectivity index (χ2v) is 5.61. The lowest BCUT2D eigenvalue weighted by Gasteiger charge is -2.17. The zero-order chi connectivity index (χ0) is 13.8. The van der Waals surface area contributed by atoms with Crippen LogP contribution in [0.2, 0.25) is 0 Å². The van der Waals surface area contributed by atoms with E-state index in [2.05, 4.69) is 17.2 Å². The van der Waals surface area contributed by atoms with E-state index in [9.17, 15) is 10.2 Å². The molecule has 0 aliphatic heterocycles. The Balaban J connectivity index is 1.95. The maximum Gasteiger partial charge on any atom is 0.119 e. The van der Waals surface area contributed by atoms with Gasteiger partial charge in [-0.15, -0.1) is 11.3 Å². The van der Waals surface area contributed by atoms with E-state index in [4.69, 9.17) is 0 Å². The number of aromatic hydroxyl groups is 2. The van der Waals surface area contributed by atoms with Gasteiger partial charge in [0.05, 0.1) is 5.01 Å². The number of nitrogens with one attached hydrogen (secondary N) is 1. The Hall–Kier alpha value is -1.59. The summed E-state index contributed by atoms with van der Waals surface area (Å²) in [5.74, 6) is 0.501. The van der Waals surface area contributed by atoms with Crippen molar-refractivity contribution in [2.45, 2.75) is 25.8 Å². The van der Waals surface area contributed by atoms with Gasteiger partial charge >= 0.3 is 0 Å². The van der Waals surface area contributed by atoms with Gasteiger partial charge in [-0.1, -0.05) is 6.92 Å². The summed E-state index contributed by atoms with van der Waals surface area (Å²) in [6, 6.07) is 4.70. The number of rotatable bonds is 5. The Morgan fingerprint density at radius 1 is 1.21 bits per heavy atom. The summed E-state index contributed by atoms with van der Waals surface area (Å²) in [6.45, 7) is 4.92. The molecule has 0 amide bonds. The number of nitrogens with zero attached hydrogens (tertiary/aromatic N) is 1. The summed E-state index contributed by atoms with van der Waals surface area (Å²) in [4.78, 5) is 4.29. The van der Waals surface area contributed by atoms with E-state index < -0.39 is 0 Å². The van der Waals surface area contributed by atoms with Crippen molar-refractivity contribution in [2.75, 3.05) is 6.54 Å². The topological polar surface area (TPSA) is 65.4 Å². The van der Waals surface area contributed by atoms with E-state index >= 15 is 0 Å². The number of aromatic nitrogens is 1. The van der Waals surface area contributed by atoms with Gasteiger partial charge in [0.2, 0.25) is 0 Å². The number of thiazole rings is 1. The van der Waals surface area contributed by atoms with Gasteiger partial charge < -0.3 is 15.5 Å². The largest absolute Gasteiger partial charge is 0.508 e. The minimum atomic E-state index is 0.0559. The fourth-order valence-electron chi connectivity index (χ4n) is 1.90. The third-order valence-corrected chi connectivity index (χ3v) is 4.04. The molecule has 2 unspecified atom stereocenters. The standard InChI is InChI=1S/C14H18N2O2S/c1-9(14-15-3-4-19-14)8-16-10(2)11-5-12(17)7-13(18)6-11/h3-7,9-10,16-18H,8H2,1-2H3. The van der Waals surface area contributed by atoms with Gasteiger partial charge in [-0.05, 0) is 24.6 Å². The first-order chi connectivity index (χ1) is 9.06. The molecule has 1 heterocycles. The Labute approximate surface area is 116 Å². The molecule has 0 bridgehead atoms. The molecule has 0 fully saturated rings. The van der Waals surface area contributed by atoms with Crippen LogP contribution in [0.25, 0.3) is 0 Å². The molecule has 0 saturated heterocycles. The normalized spacial score (nSPS) is 14.2. The summed E-state index contributed by atoms with van der Waals surface area (Å²) in [5, 5.41) is 25.4. The Morgan fingerprint density at radius 2 is 1.89 bits per heavy atom. The number of hydrogen-bond acceptors (Lipinski definition) is 5. The first-order valence-electron chi connectivity index (χ1n) is 6.22. The molecule has 0 saturated carbocycles. The lowest BCUT2D eigenvalue weighted by atomic mass is 10.1. The Bertz CT molecular complexity index is 508. The van der Waals surface area contributed by atoms with Crippen molar-refractivity contribution >= 4 is 11.3 Å². The van der Waals surface area contributed by atoms with E-state index in [1.165, 1.54) is 6.07 Å². The third-order valence-electron chi connectivity index (χ3n) is 3.03. The number of hydrogen-bond donors (Lipinski definition) is 3. The molecule has 1 aromatic heterocycles. The maximum atomic E-state index is 9.47. The first-order valence-corrected chi connectivity index (χ1v) is 7.10. The van der Waals surface area contributed by atoms with Crippen molar-refractivity contribution in [1.82, 2.24) is 10.3 Å². The number of benzene rings is 1. The van der Waals surface area contributed by atoms with Gasteiger partial charge in [-0.3, -0.25) is 0 Å². The molecular weight excluding hydrogens is 260 g/mol. The van der Waals surface area contributed by atoms with Crippen LogP contribution in [0.5, 0.6) is 11.5 Å². The molecule has 2 atom stereocenters. The zero-order valence-corrected chi connectivity index (χ0v) is 11.8. The van der Waals surface area contributed by atoms with Gasteiger partial charge in [0.15, 0.2) is 0 Å². The summed E-state index contributed by atoms with van der Waals surface area (Å²) >= 11 is 1.65. The molecule has 102 valence electrons.